The van der Waals surface area contributed by atoms with E-state index in [1.807, 2.05) is 0 Å². The fraction of sp³-hybridized carbons (Fsp3) is 0.421. The summed E-state index contributed by atoms with van der Waals surface area (Å²) in [5, 5.41) is 20.3. The van der Waals surface area contributed by atoms with E-state index < -0.39 is 28.9 Å². The molecule has 0 bridgehead atoms. The number of nitrogens with two attached hydrogens (primary N) is 1. The zero-order valence-electron chi connectivity index (χ0n) is 14.7. The number of nitrogens with zero attached hydrogens (tertiary/aromatic N) is 1. The molecule has 2 aromatic rings. The maximum atomic E-state index is 15.1. The monoisotopic (exact) mass is 364 g/mol. The highest BCUT2D eigenvalue weighted by Gasteiger charge is 2.43. The van der Waals surface area contributed by atoms with Gasteiger partial charge in [-0.25, -0.2) is 13.8 Å². The first-order valence-electron chi connectivity index (χ1n) is 8.38. The Bertz CT molecular complexity index is 806. The van der Waals surface area contributed by atoms with Crippen molar-refractivity contribution < 1.29 is 23.7 Å². The minimum atomic E-state index is -1.48. The number of pyridine rings is 1. The van der Waals surface area contributed by atoms with Crippen LogP contribution in [0.4, 0.5) is 8.78 Å². The average molecular weight is 364 g/mol. The molecule has 1 aromatic heterocycles. The Morgan fingerprint density at radius 3 is 2.46 bits per heavy atom. The van der Waals surface area contributed by atoms with Crippen molar-refractivity contribution in [2.24, 2.45) is 5.73 Å². The van der Waals surface area contributed by atoms with Gasteiger partial charge in [0.2, 0.25) is 0 Å². The standard InChI is InChI=1S/C19H22F2N2O3/c1-18(2,25)14-7-15(19(10-22)8-13(24)9-26-19)23-17(16(14)21)11-3-5-12(20)6-4-11/h3-7,13,24-25H,8-10,22H2,1-2H3. The Morgan fingerprint density at radius 2 is 1.96 bits per heavy atom. The van der Waals surface area contributed by atoms with Crippen LogP contribution in [0.3, 0.4) is 0 Å². The Labute approximate surface area is 150 Å². The molecule has 3 rings (SSSR count). The molecule has 1 fully saturated rings. The summed E-state index contributed by atoms with van der Waals surface area (Å²) in [7, 11) is 0. The van der Waals surface area contributed by atoms with E-state index in [0.29, 0.717) is 11.3 Å². The molecule has 26 heavy (non-hydrogen) atoms. The molecule has 2 atom stereocenters. The SMILES string of the molecule is CC(C)(O)c1cc(C2(CN)CC(O)CO2)nc(-c2ccc(F)cc2)c1F. The third kappa shape index (κ3) is 3.35. The lowest BCUT2D eigenvalue weighted by atomic mass is 9.89. The van der Waals surface area contributed by atoms with E-state index in [9.17, 15) is 14.6 Å². The zero-order valence-corrected chi connectivity index (χ0v) is 14.7. The summed E-state index contributed by atoms with van der Waals surface area (Å²) < 4.78 is 34.0. The number of halogens is 2. The van der Waals surface area contributed by atoms with E-state index in [-0.39, 0.29) is 30.8 Å². The maximum absolute atomic E-state index is 15.1. The number of hydrogen-bond donors (Lipinski definition) is 3. The average Bonchev–Trinajstić information content (AvgIpc) is 2.97. The Kier molecular flexibility index (Phi) is 4.83. The predicted octanol–water partition coefficient (Wildman–Crippen LogP) is 2.19. The highest BCUT2D eigenvalue weighted by atomic mass is 19.1. The van der Waals surface area contributed by atoms with E-state index in [2.05, 4.69) is 4.98 Å². The molecule has 0 spiro atoms. The van der Waals surface area contributed by atoms with Crippen LogP contribution in [0.15, 0.2) is 30.3 Å². The molecule has 0 radical (unpaired) electrons. The summed E-state index contributed by atoms with van der Waals surface area (Å²) in [6.45, 7) is 3.06. The first-order valence-corrected chi connectivity index (χ1v) is 8.38. The first-order chi connectivity index (χ1) is 12.2. The molecule has 1 aliphatic heterocycles. The van der Waals surface area contributed by atoms with Crippen LogP contribution in [0, 0.1) is 11.6 Å². The van der Waals surface area contributed by atoms with Gasteiger partial charge in [-0.1, -0.05) is 0 Å². The van der Waals surface area contributed by atoms with Crippen molar-refractivity contribution in [3.63, 3.8) is 0 Å². The van der Waals surface area contributed by atoms with Gasteiger partial charge in [0.15, 0.2) is 5.82 Å². The predicted molar refractivity (Wildman–Crippen MR) is 92.1 cm³/mol. The third-order valence-electron chi connectivity index (χ3n) is 4.65. The second-order valence-electron chi connectivity index (χ2n) is 7.15. The van der Waals surface area contributed by atoms with Gasteiger partial charge in [-0.2, -0.15) is 0 Å². The van der Waals surface area contributed by atoms with Gasteiger partial charge in [0.05, 0.1) is 24.0 Å². The van der Waals surface area contributed by atoms with E-state index in [1.54, 1.807) is 0 Å². The molecule has 0 aliphatic carbocycles. The molecular formula is C19H22F2N2O3. The lowest BCUT2D eigenvalue weighted by Gasteiger charge is -2.29. The van der Waals surface area contributed by atoms with Crippen molar-refractivity contribution in [3.8, 4) is 11.3 Å². The van der Waals surface area contributed by atoms with Crippen molar-refractivity contribution in [2.75, 3.05) is 13.2 Å². The van der Waals surface area contributed by atoms with E-state index in [1.165, 1.54) is 44.2 Å². The van der Waals surface area contributed by atoms with Crippen molar-refractivity contribution in [1.82, 2.24) is 4.98 Å². The van der Waals surface area contributed by atoms with Gasteiger partial charge >= 0.3 is 0 Å². The second-order valence-corrected chi connectivity index (χ2v) is 7.15. The minimum absolute atomic E-state index is 0.0274. The van der Waals surface area contributed by atoms with Crippen LogP contribution in [0.2, 0.25) is 0 Å². The molecule has 0 amide bonds. The molecule has 0 saturated carbocycles. The molecule has 140 valence electrons. The number of hydrogen-bond acceptors (Lipinski definition) is 5. The summed E-state index contributed by atoms with van der Waals surface area (Å²) in [5.74, 6) is -1.15. The maximum Gasteiger partial charge on any atom is 0.155 e. The summed E-state index contributed by atoms with van der Waals surface area (Å²) in [5.41, 5.74) is 4.03. The Hall–Kier alpha value is -1.93. The zero-order chi connectivity index (χ0) is 19.1. The number of aliphatic hydroxyl groups excluding tert-OH is 1. The largest absolute Gasteiger partial charge is 0.391 e. The number of benzene rings is 1. The highest BCUT2D eigenvalue weighted by molar-refractivity contribution is 5.62. The molecule has 2 heterocycles. The van der Waals surface area contributed by atoms with Crippen molar-refractivity contribution in [3.05, 3.63) is 53.2 Å². The Morgan fingerprint density at radius 1 is 1.31 bits per heavy atom. The second kappa shape index (κ2) is 6.66. The number of aromatic nitrogens is 1. The van der Waals surface area contributed by atoms with Gasteiger partial charge in [-0.3, -0.25) is 0 Å². The van der Waals surface area contributed by atoms with Crippen LogP contribution in [0.5, 0.6) is 0 Å². The smallest absolute Gasteiger partial charge is 0.155 e. The van der Waals surface area contributed by atoms with Crippen molar-refractivity contribution in [2.45, 2.75) is 37.6 Å². The highest BCUT2D eigenvalue weighted by Crippen LogP contribution is 2.39. The molecule has 1 aromatic carbocycles. The van der Waals surface area contributed by atoms with Crippen molar-refractivity contribution >= 4 is 0 Å². The fourth-order valence-corrected chi connectivity index (χ4v) is 3.19. The molecule has 5 nitrogen and oxygen atoms in total. The molecule has 4 N–H and O–H groups in total. The first kappa shape index (κ1) is 18.8. The van der Waals surface area contributed by atoms with Crippen LogP contribution in [-0.2, 0) is 15.9 Å². The molecule has 7 heteroatoms. The van der Waals surface area contributed by atoms with Crippen LogP contribution >= 0.6 is 0 Å². The van der Waals surface area contributed by atoms with Gasteiger partial charge in [-0.05, 0) is 44.2 Å². The molecule has 1 saturated heterocycles. The minimum Gasteiger partial charge on any atom is -0.391 e. The normalized spacial score (nSPS) is 23.4. The lowest BCUT2D eigenvalue weighted by Crippen LogP contribution is -2.36. The van der Waals surface area contributed by atoms with Crippen LogP contribution in [-0.4, -0.2) is 34.5 Å². The number of rotatable bonds is 4. The molecule has 2 unspecified atom stereocenters. The van der Waals surface area contributed by atoms with E-state index in [4.69, 9.17) is 10.5 Å². The summed E-state index contributed by atoms with van der Waals surface area (Å²) in [6.07, 6.45) is -0.485. The van der Waals surface area contributed by atoms with Gasteiger partial charge in [0, 0.05) is 24.1 Å². The topological polar surface area (TPSA) is 88.6 Å². The lowest BCUT2D eigenvalue weighted by molar-refractivity contribution is 0.000620. The van der Waals surface area contributed by atoms with Gasteiger partial charge in [-0.15, -0.1) is 0 Å². The summed E-state index contributed by atoms with van der Waals surface area (Å²) >= 11 is 0. The number of ether oxygens (including phenoxy) is 1. The van der Waals surface area contributed by atoms with Gasteiger partial charge < -0.3 is 20.7 Å². The van der Waals surface area contributed by atoms with Gasteiger partial charge in [0.25, 0.3) is 0 Å². The summed E-state index contributed by atoms with van der Waals surface area (Å²) in [4.78, 5) is 4.38. The van der Waals surface area contributed by atoms with E-state index in [0.717, 1.165) is 0 Å². The van der Waals surface area contributed by atoms with Crippen molar-refractivity contribution in [1.29, 1.82) is 0 Å². The fourth-order valence-electron chi connectivity index (χ4n) is 3.19. The third-order valence-corrected chi connectivity index (χ3v) is 4.65. The quantitative estimate of drug-likeness (QED) is 0.774. The van der Waals surface area contributed by atoms with Gasteiger partial charge in [0.1, 0.15) is 17.1 Å². The van der Waals surface area contributed by atoms with Crippen LogP contribution < -0.4 is 5.73 Å². The molecule has 1 aliphatic rings. The number of aliphatic hydroxyl groups is 2. The molecular weight excluding hydrogens is 342 g/mol. The van der Waals surface area contributed by atoms with Crippen LogP contribution in [0.1, 0.15) is 31.5 Å². The van der Waals surface area contributed by atoms with Crippen LogP contribution in [0.25, 0.3) is 11.3 Å². The van der Waals surface area contributed by atoms with E-state index >= 15 is 4.39 Å². The summed E-state index contributed by atoms with van der Waals surface area (Å²) in [6, 6.07) is 6.67. The Balaban J connectivity index is 2.23.